The Morgan fingerprint density at radius 3 is 2.40 bits per heavy atom. The molecule has 2 rings (SSSR count). The molecule has 0 bridgehead atoms. The Balaban J connectivity index is 2.11. The average molecular weight is 298 g/mol. The van der Waals surface area contributed by atoms with Gasteiger partial charge in [0.25, 0.3) is 0 Å². The highest BCUT2D eigenvalue weighted by molar-refractivity contribution is 6.31. The Morgan fingerprint density at radius 2 is 1.90 bits per heavy atom. The van der Waals surface area contributed by atoms with Gasteiger partial charge in [0.2, 0.25) is 0 Å². The Bertz CT molecular complexity index is 419. The summed E-state index contributed by atoms with van der Waals surface area (Å²) in [4.78, 5) is 0. The Hall–Kier alpha value is -0.540. The summed E-state index contributed by atoms with van der Waals surface area (Å²) in [7, 11) is 2.04. The molecule has 114 valence electrons. The molecule has 0 saturated heterocycles. The van der Waals surface area contributed by atoms with Crippen LogP contribution in [0, 0.1) is 17.8 Å². The van der Waals surface area contributed by atoms with Crippen LogP contribution in [0.1, 0.15) is 58.2 Å². The van der Waals surface area contributed by atoms with Crippen LogP contribution in [0.2, 0.25) is 5.02 Å². The molecular formula is C16H28ClN3. The van der Waals surface area contributed by atoms with E-state index in [4.69, 9.17) is 11.6 Å². The lowest BCUT2D eigenvalue weighted by molar-refractivity contribution is 0.189. The van der Waals surface area contributed by atoms with Gasteiger partial charge in [-0.05, 0) is 57.4 Å². The molecule has 4 heteroatoms. The van der Waals surface area contributed by atoms with Crippen molar-refractivity contribution in [2.75, 3.05) is 7.05 Å². The van der Waals surface area contributed by atoms with Crippen molar-refractivity contribution < 1.29 is 0 Å². The number of aryl methyl sites for hydroxylation is 1. The normalized spacial score (nSPS) is 25.1. The van der Waals surface area contributed by atoms with Crippen molar-refractivity contribution in [1.29, 1.82) is 0 Å². The molecule has 1 atom stereocenters. The third kappa shape index (κ3) is 3.20. The van der Waals surface area contributed by atoms with E-state index in [1.54, 1.807) is 6.20 Å². The second-order valence-corrected chi connectivity index (χ2v) is 6.79. The monoisotopic (exact) mass is 297 g/mol. The van der Waals surface area contributed by atoms with Crippen LogP contribution in [0.25, 0.3) is 0 Å². The lowest BCUT2D eigenvalue weighted by atomic mass is 9.74. The molecule has 1 heterocycles. The molecule has 0 aromatic carbocycles. The van der Waals surface area contributed by atoms with Crippen molar-refractivity contribution in [2.24, 2.45) is 17.8 Å². The molecule has 3 nitrogen and oxygen atoms in total. The fourth-order valence-electron chi connectivity index (χ4n) is 3.67. The standard InChI is InChI=1S/C16H28ClN3/c1-5-20-16(14(17)10-19-20)15(18-4)13-8-6-12(7-9-13)11(2)3/h10-13,15,18H,5-9H2,1-4H3. The van der Waals surface area contributed by atoms with Crippen LogP contribution >= 0.6 is 11.6 Å². The third-order valence-electron chi connectivity index (χ3n) is 4.97. The predicted molar refractivity (Wildman–Crippen MR) is 85.0 cm³/mol. The first-order chi connectivity index (χ1) is 9.58. The first kappa shape index (κ1) is 15.8. The number of rotatable bonds is 5. The quantitative estimate of drug-likeness (QED) is 0.879. The van der Waals surface area contributed by atoms with E-state index in [9.17, 15) is 0 Å². The van der Waals surface area contributed by atoms with Crippen LogP contribution < -0.4 is 5.32 Å². The number of nitrogens with one attached hydrogen (secondary N) is 1. The Labute approximate surface area is 128 Å². The van der Waals surface area contributed by atoms with Crippen molar-refractivity contribution in [3.8, 4) is 0 Å². The first-order valence-electron chi connectivity index (χ1n) is 7.96. The maximum absolute atomic E-state index is 6.37. The van der Waals surface area contributed by atoms with Crippen LogP contribution in [0.4, 0.5) is 0 Å². The topological polar surface area (TPSA) is 29.9 Å². The number of nitrogens with zero attached hydrogens (tertiary/aromatic N) is 2. The maximum Gasteiger partial charge on any atom is 0.0834 e. The second kappa shape index (κ2) is 6.95. The highest BCUT2D eigenvalue weighted by Crippen LogP contribution is 2.40. The summed E-state index contributed by atoms with van der Waals surface area (Å²) in [5, 5.41) is 8.68. The van der Waals surface area contributed by atoms with Crippen molar-refractivity contribution in [1.82, 2.24) is 15.1 Å². The summed E-state index contributed by atoms with van der Waals surface area (Å²) in [5.41, 5.74) is 1.17. The van der Waals surface area contributed by atoms with E-state index in [0.29, 0.717) is 12.0 Å². The van der Waals surface area contributed by atoms with Gasteiger partial charge in [-0.25, -0.2) is 0 Å². The number of hydrogen-bond acceptors (Lipinski definition) is 2. The average Bonchev–Trinajstić information content (AvgIpc) is 2.82. The van der Waals surface area contributed by atoms with Gasteiger partial charge in [0.1, 0.15) is 0 Å². The molecule has 0 radical (unpaired) electrons. The van der Waals surface area contributed by atoms with Crippen LogP contribution in [0.15, 0.2) is 6.20 Å². The summed E-state index contributed by atoms with van der Waals surface area (Å²) in [6, 6.07) is 0.332. The summed E-state index contributed by atoms with van der Waals surface area (Å²) < 4.78 is 2.04. The second-order valence-electron chi connectivity index (χ2n) is 6.38. The molecule has 0 aliphatic heterocycles. The first-order valence-corrected chi connectivity index (χ1v) is 8.34. The van der Waals surface area contributed by atoms with Gasteiger partial charge in [-0.15, -0.1) is 0 Å². The maximum atomic E-state index is 6.37. The van der Waals surface area contributed by atoms with Gasteiger partial charge in [0, 0.05) is 6.54 Å². The molecule has 1 unspecified atom stereocenters. The van der Waals surface area contributed by atoms with E-state index in [2.05, 4.69) is 31.2 Å². The van der Waals surface area contributed by atoms with Crippen molar-refractivity contribution in [3.05, 3.63) is 16.9 Å². The molecule has 1 fully saturated rings. The van der Waals surface area contributed by atoms with E-state index in [0.717, 1.165) is 23.4 Å². The van der Waals surface area contributed by atoms with Crippen molar-refractivity contribution in [3.63, 3.8) is 0 Å². The van der Waals surface area contributed by atoms with Crippen molar-refractivity contribution >= 4 is 11.6 Å². The van der Waals surface area contributed by atoms with Gasteiger partial charge in [-0.2, -0.15) is 5.10 Å². The molecule has 0 amide bonds. The SMILES string of the molecule is CCn1ncc(Cl)c1C(NC)C1CCC(C(C)C)CC1. The predicted octanol–water partition coefficient (Wildman–Crippen LogP) is 4.28. The molecule has 1 N–H and O–H groups in total. The van der Waals surface area contributed by atoms with Gasteiger partial charge in [0.15, 0.2) is 0 Å². The lowest BCUT2D eigenvalue weighted by Crippen LogP contribution is -2.31. The molecule has 0 spiro atoms. The lowest BCUT2D eigenvalue weighted by Gasteiger charge is -2.35. The van der Waals surface area contributed by atoms with E-state index in [1.165, 1.54) is 31.4 Å². The molecule has 1 saturated carbocycles. The summed E-state index contributed by atoms with van der Waals surface area (Å²) in [5.74, 6) is 2.39. The smallest absolute Gasteiger partial charge is 0.0834 e. The van der Waals surface area contributed by atoms with Crippen LogP contribution in [-0.2, 0) is 6.54 Å². The largest absolute Gasteiger partial charge is 0.311 e. The van der Waals surface area contributed by atoms with Gasteiger partial charge < -0.3 is 5.32 Å². The highest BCUT2D eigenvalue weighted by atomic mass is 35.5. The van der Waals surface area contributed by atoms with Crippen molar-refractivity contribution in [2.45, 2.75) is 59.0 Å². The zero-order chi connectivity index (χ0) is 14.7. The summed E-state index contributed by atoms with van der Waals surface area (Å²) >= 11 is 6.37. The number of aromatic nitrogens is 2. The Kier molecular flexibility index (Phi) is 5.50. The molecule has 20 heavy (non-hydrogen) atoms. The molecule has 1 aliphatic carbocycles. The fourth-order valence-corrected chi connectivity index (χ4v) is 3.93. The summed E-state index contributed by atoms with van der Waals surface area (Å²) in [6.07, 6.45) is 7.06. The number of hydrogen-bond donors (Lipinski definition) is 1. The van der Waals surface area contributed by atoms with Gasteiger partial charge >= 0.3 is 0 Å². The van der Waals surface area contributed by atoms with E-state index in [-0.39, 0.29) is 0 Å². The third-order valence-corrected chi connectivity index (χ3v) is 5.26. The minimum absolute atomic E-state index is 0.332. The van der Waals surface area contributed by atoms with E-state index >= 15 is 0 Å². The van der Waals surface area contributed by atoms with Crippen LogP contribution in [-0.4, -0.2) is 16.8 Å². The molecule has 1 aromatic rings. The zero-order valence-corrected chi connectivity index (χ0v) is 14.0. The highest BCUT2D eigenvalue weighted by Gasteiger charge is 2.31. The molecular weight excluding hydrogens is 270 g/mol. The Morgan fingerprint density at radius 1 is 1.30 bits per heavy atom. The number of halogens is 1. The van der Waals surface area contributed by atoms with E-state index < -0.39 is 0 Å². The van der Waals surface area contributed by atoms with E-state index in [1.807, 2.05) is 11.7 Å². The van der Waals surface area contributed by atoms with Gasteiger partial charge in [-0.3, -0.25) is 4.68 Å². The minimum Gasteiger partial charge on any atom is -0.311 e. The minimum atomic E-state index is 0.332. The van der Waals surface area contributed by atoms with Crippen LogP contribution in [0.5, 0.6) is 0 Å². The fraction of sp³-hybridized carbons (Fsp3) is 0.812. The van der Waals surface area contributed by atoms with Gasteiger partial charge in [-0.1, -0.05) is 25.4 Å². The van der Waals surface area contributed by atoms with Crippen LogP contribution in [0.3, 0.4) is 0 Å². The molecule has 1 aliphatic rings. The summed E-state index contributed by atoms with van der Waals surface area (Å²) in [6.45, 7) is 7.70. The molecule has 1 aromatic heterocycles. The van der Waals surface area contributed by atoms with Gasteiger partial charge in [0.05, 0.1) is 23.0 Å². The zero-order valence-electron chi connectivity index (χ0n) is 13.2.